The zero-order chi connectivity index (χ0) is 22.0. The van der Waals surface area contributed by atoms with Crippen LogP contribution < -0.4 is 11.1 Å². The third-order valence-electron chi connectivity index (χ3n) is 6.72. The van der Waals surface area contributed by atoms with Crippen LogP contribution in [0.25, 0.3) is 0 Å². The van der Waals surface area contributed by atoms with Crippen molar-refractivity contribution in [2.24, 2.45) is 17.1 Å². The van der Waals surface area contributed by atoms with E-state index in [0.29, 0.717) is 19.3 Å². The van der Waals surface area contributed by atoms with E-state index in [1.807, 2.05) is 0 Å². The van der Waals surface area contributed by atoms with Gasteiger partial charge in [-0.3, -0.25) is 4.79 Å². The van der Waals surface area contributed by atoms with Gasteiger partial charge in [-0.1, -0.05) is 26.7 Å². The van der Waals surface area contributed by atoms with E-state index >= 15 is 0 Å². The van der Waals surface area contributed by atoms with Crippen molar-refractivity contribution >= 4 is 5.91 Å². The minimum atomic E-state index is -5.18. The second kappa shape index (κ2) is 9.06. The standard InChI is InChI=1S/C20H34F4N2O3/c1-18(2,13-10-12(21)8-9-16(13)29-3)11-19(28,20(22,23)24)17(27)26-15-7-5-4-6-14(15)25/h12-16,28H,4-11,25H2,1-3H3,(H,26,27). The molecular weight excluding hydrogens is 392 g/mol. The first-order chi connectivity index (χ1) is 13.3. The number of rotatable bonds is 6. The van der Waals surface area contributed by atoms with E-state index in [1.165, 1.54) is 21.0 Å². The van der Waals surface area contributed by atoms with Crippen LogP contribution in [0, 0.1) is 11.3 Å². The van der Waals surface area contributed by atoms with E-state index < -0.39 is 59.8 Å². The van der Waals surface area contributed by atoms with E-state index in [1.54, 1.807) is 0 Å². The summed E-state index contributed by atoms with van der Waals surface area (Å²) in [5, 5.41) is 12.9. The minimum Gasteiger partial charge on any atom is -0.381 e. The van der Waals surface area contributed by atoms with Gasteiger partial charge < -0.3 is 20.9 Å². The molecule has 0 spiro atoms. The predicted octanol–water partition coefficient (Wildman–Crippen LogP) is 3.24. The topological polar surface area (TPSA) is 84.6 Å². The lowest BCUT2D eigenvalue weighted by molar-refractivity contribution is -0.263. The molecule has 6 unspecified atom stereocenters. The van der Waals surface area contributed by atoms with Crippen molar-refractivity contribution in [3.63, 3.8) is 0 Å². The van der Waals surface area contributed by atoms with Gasteiger partial charge in [-0.15, -0.1) is 0 Å². The highest BCUT2D eigenvalue weighted by molar-refractivity contribution is 5.86. The van der Waals surface area contributed by atoms with Crippen LogP contribution in [-0.2, 0) is 9.53 Å². The maximum atomic E-state index is 14.0. The van der Waals surface area contributed by atoms with E-state index in [9.17, 15) is 27.5 Å². The summed E-state index contributed by atoms with van der Waals surface area (Å²) < 4.78 is 61.1. The van der Waals surface area contributed by atoms with Crippen molar-refractivity contribution in [1.29, 1.82) is 0 Å². The molecule has 170 valence electrons. The average molecular weight is 426 g/mol. The fourth-order valence-electron chi connectivity index (χ4n) is 4.92. The summed E-state index contributed by atoms with van der Waals surface area (Å²) in [6.07, 6.45) is -4.23. The summed E-state index contributed by atoms with van der Waals surface area (Å²) in [7, 11) is 1.44. The fourth-order valence-corrected chi connectivity index (χ4v) is 4.92. The van der Waals surface area contributed by atoms with Gasteiger partial charge in [0, 0.05) is 19.2 Å². The number of carbonyl (C=O) groups is 1. The Kier molecular flexibility index (Phi) is 7.60. The summed E-state index contributed by atoms with van der Waals surface area (Å²) in [5.74, 6) is -2.04. The van der Waals surface area contributed by atoms with E-state index in [0.717, 1.165) is 12.8 Å². The maximum Gasteiger partial charge on any atom is 0.426 e. The Hall–Kier alpha value is -0.930. The lowest BCUT2D eigenvalue weighted by atomic mass is 9.64. The highest BCUT2D eigenvalue weighted by Gasteiger charge is 2.62. The summed E-state index contributed by atoms with van der Waals surface area (Å²) in [6, 6.07) is -1.05. The molecule has 29 heavy (non-hydrogen) atoms. The molecule has 9 heteroatoms. The van der Waals surface area contributed by atoms with E-state index in [2.05, 4.69) is 5.32 Å². The predicted molar refractivity (Wildman–Crippen MR) is 101 cm³/mol. The molecule has 5 nitrogen and oxygen atoms in total. The summed E-state index contributed by atoms with van der Waals surface area (Å²) in [4.78, 5) is 12.7. The van der Waals surface area contributed by atoms with E-state index in [4.69, 9.17) is 10.5 Å². The number of halogens is 4. The molecule has 2 rings (SSSR count). The van der Waals surface area contributed by atoms with Crippen LogP contribution in [0.3, 0.4) is 0 Å². The molecule has 2 aliphatic rings. The van der Waals surface area contributed by atoms with Crippen LogP contribution in [0.4, 0.5) is 17.6 Å². The number of alkyl halides is 4. The minimum absolute atomic E-state index is 0.0363. The Morgan fingerprint density at radius 1 is 1.17 bits per heavy atom. The molecule has 0 saturated heterocycles. The molecule has 0 aromatic heterocycles. The Bertz CT molecular complexity index is 572. The van der Waals surface area contributed by atoms with Crippen molar-refractivity contribution in [2.45, 2.75) is 101 Å². The Labute approximate surface area is 169 Å². The molecule has 4 N–H and O–H groups in total. The molecule has 6 atom stereocenters. The SMILES string of the molecule is COC1CCC(F)CC1C(C)(C)CC(O)(C(=O)NC1CCCCC1N)C(F)(F)F. The molecule has 0 aromatic rings. The number of hydrogen-bond donors (Lipinski definition) is 3. The normalized spacial score (nSPS) is 33.8. The van der Waals surface area contributed by atoms with Gasteiger partial charge in [-0.25, -0.2) is 4.39 Å². The number of ether oxygens (including phenoxy) is 1. The van der Waals surface area contributed by atoms with Crippen LogP contribution in [0.2, 0.25) is 0 Å². The molecule has 2 fully saturated rings. The average Bonchev–Trinajstić information content (AvgIpc) is 2.62. The largest absolute Gasteiger partial charge is 0.426 e. The number of aliphatic hydroxyl groups is 1. The first-order valence-corrected chi connectivity index (χ1v) is 10.3. The van der Waals surface area contributed by atoms with Crippen LogP contribution in [0.5, 0.6) is 0 Å². The third kappa shape index (κ3) is 5.41. The first kappa shape index (κ1) is 24.3. The zero-order valence-electron chi connectivity index (χ0n) is 17.4. The van der Waals surface area contributed by atoms with Gasteiger partial charge in [-0.2, -0.15) is 13.2 Å². The molecule has 0 radical (unpaired) electrons. The summed E-state index contributed by atoms with van der Waals surface area (Å²) in [6.45, 7) is 3.05. The first-order valence-electron chi connectivity index (χ1n) is 10.3. The lowest BCUT2D eigenvalue weighted by Crippen LogP contribution is -2.63. The van der Waals surface area contributed by atoms with Gasteiger partial charge >= 0.3 is 6.18 Å². The number of nitrogens with one attached hydrogen (secondary N) is 1. The van der Waals surface area contributed by atoms with Crippen molar-refractivity contribution in [3.8, 4) is 0 Å². The van der Waals surface area contributed by atoms with Gasteiger partial charge in [0.1, 0.15) is 6.17 Å². The third-order valence-corrected chi connectivity index (χ3v) is 6.72. The molecule has 2 saturated carbocycles. The number of carbonyl (C=O) groups excluding carboxylic acids is 1. The van der Waals surface area contributed by atoms with Gasteiger partial charge in [-0.05, 0) is 49.9 Å². The molecule has 1 amide bonds. The van der Waals surface area contributed by atoms with Crippen molar-refractivity contribution in [1.82, 2.24) is 5.32 Å². The number of amides is 1. The summed E-state index contributed by atoms with van der Waals surface area (Å²) in [5.41, 5.74) is 1.16. The second-order valence-corrected chi connectivity index (χ2v) is 9.34. The number of hydrogen-bond acceptors (Lipinski definition) is 4. The molecule has 0 heterocycles. The highest BCUT2D eigenvalue weighted by Crippen LogP contribution is 2.48. The van der Waals surface area contributed by atoms with Gasteiger partial charge in [0.05, 0.1) is 6.10 Å². The fraction of sp³-hybridized carbons (Fsp3) is 0.950. The van der Waals surface area contributed by atoms with Crippen LogP contribution in [0.1, 0.15) is 65.2 Å². The molecule has 0 aromatic carbocycles. The van der Waals surface area contributed by atoms with Crippen LogP contribution in [0.15, 0.2) is 0 Å². The quantitative estimate of drug-likeness (QED) is 0.570. The Balaban J connectivity index is 2.24. The smallest absolute Gasteiger partial charge is 0.381 e. The lowest BCUT2D eigenvalue weighted by Gasteiger charge is -2.46. The van der Waals surface area contributed by atoms with Crippen molar-refractivity contribution in [2.75, 3.05) is 7.11 Å². The number of methoxy groups -OCH3 is 1. The van der Waals surface area contributed by atoms with Crippen molar-refractivity contribution in [3.05, 3.63) is 0 Å². The highest BCUT2D eigenvalue weighted by atomic mass is 19.4. The second-order valence-electron chi connectivity index (χ2n) is 9.34. The van der Waals surface area contributed by atoms with Gasteiger partial charge in [0.25, 0.3) is 5.91 Å². The maximum absolute atomic E-state index is 14.0. The monoisotopic (exact) mass is 426 g/mol. The molecule has 2 aliphatic carbocycles. The van der Waals surface area contributed by atoms with Crippen molar-refractivity contribution < 1.29 is 32.2 Å². The van der Waals surface area contributed by atoms with Crippen LogP contribution >= 0.6 is 0 Å². The number of nitrogens with two attached hydrogens (primary N) is 1. The van der Waals surface area contributed by atoms with Crippen LogP contribution in [-0.4, -0.2) is 54.3 Å². The van der Waals surface area contributed by atoms with Gasteiger partial charge in [0.15, 0.2) is 0 Å². The zero-order valence-corrected chi connectivity index (χ0v) is 17.4. The van der Waals surface area contributed by atoms with E-state index in [-0.39, 0.29) is 12.8 Å². The van der Waals surface area contributed by atoms with Gasteiger partial charge in [0.2, 0.25) is 5.60 Å². The molecule has 0 bridgehead atoms. The Morgan fingerprint density at radius 2 is 1.79 bits per heavy atom. The molecular formula is C20H34F4N2O3. The summed E-state index contributed by atoms with van der Waals surface area (Å²) >= 11 is 0. The molecule has 0 aliphatic heterocycles. The Morgan fingerprint density at radius 3 is 2.34 bits per heavy atom.